The Kier molecular flexibility index (Phi) is 9.40. The fourth-order valence-electron chi connectivity index (χ4n) is 9.43. The van der Waals surface area contributed by atoms with E-state index in [1.54, 1.807) is 0 Å². The number of carbonyl (C=O) groups excluding carboxylic acids is 1. The van der Waals surface area contributed by atoms with Crippen LogP contribution in [0.3, 0.4) is 0 Å². The lowest BCUT2D eigenvalue weighted by atomic mass is 9.44. The van der Waals surface area contributed by atoms with Crippen molar-refractivity contribution < 1.29 is 18.4 Å². The highest BCUT2D eigenvalue weighted by Gasteiger charge is 2.71. The minimum absolute atomic E-state index is 0.00167. The van der Waals surface area contributed by atoms with Crippen molar-refractivity contribution in [3.8, 4) is 0 Å². The van der Waals surface area contributed by atoms with Gasteiger partial charge in [0.1, 0.15) is 5.60 Å². The van der Waals surface area contributed by atoms with Crippen molar-refractivity contribution in [2.75, 3.05) is 11.5 Å². The van der Waals surface area contributed by atoms with Gasteiger partial charge in [0.05, 0.1) is 16.8 Å². The Balaban J connectivity index is 1.55. The molecule has 8 heteroatoms. The van der Waals surface area contributed by atoms with Gasteiger partial charge in [0.2, 0.25) is 0 Å². The molecule has 43 heavy (non-hydrogen) atoms. The number of thioether (sulfide) groups is 2. The van der Waals surface area contributed by atoms with Crippen molar-refractivity contribution in [1.29, 1.82) is 0 Å². The van der Waals surface area contributed by atoms with Gasteiger partial charge in [0.15, 0.2) is 16.6 Å². The van der Waals surface area contributed by atoms with Crippen molar-refractivity contribution in [1.82, 2.24) is 0 Å². The summed E-state index contributed by atoms with van der Waals surface area (Å²) in [6.45, 7) is 29.0. The normalized spacial score (nSPS) is 41.3. The molecule has 4 nitrogen and oxygen atoms in total. The van der Waals surface area contributed by atoms with E-state index in [4.69, 9.17) is 13.6 Å². The van der Waals surface area contributed by atoms with Gasteiger partial charge >= 0.3 is 5.97 Å². The Morgan fingerprint density at radius 3 is 1.95 bits per heavy atom. The molecule has 5 rings (SSSR count). The fourth-order valence-corrected chi connectivity index (χ4v) is 15.5. The van der Waals surface area contributed by atoms with E-state index in [-0.39, 0.29) is 33.0 Å². The van der Waals surface area contributed by atoms with Crippen molar-refractivity contribution in [3.05, 3.63) is 0 Å². The fraction of sp³-hybridized carbons (Fsp3) is 0.971. The SMILES string of the molecule is CC(C)(C)[Si](C)(C)O[C@H]1CC[C@H]2[C@@H]3C[C@@H](O[Si](C)(C)C(C)(C)C)[C@@]4(CCC(=O)O4)[C@](C)(CC4SCCCS4)[C@H]3CC[C@]12C. The maximum Gasteiger partial charge on any atom is 0.306 e. The van der Waals surface area contributed by atoms with E-state index in [0.717, 1.165) is 19.3 Å². The van der Waals surface area contributed by atoms with Gasteiger partial charge in [-0.1, -0.05) is 55.4 Å². The second-order valence-electron chi connectivity index (χ2n) is 18.5. The minimum Gasteiger partial charge on any atom is -0.456 e. The smallest absolute Gasteiger partial charge is 0.306 e. The number of hydrogen-bond donors (Lipinski definition) is 0. The molecule has 1 spiro atoms. The first-order valence-corrected chi connectivity index (χ1v) is 25.4. The summed E-state index contributed by atoms with van der Waals surface area (Å²) in [4.78, 5) is 13.2. The summed E-state index contributed by atoms with van der Waals surface area (Å²) in [5.74, 6) is 4.31. The summed E-state index contributed by atoms with van der Waals surface area (Å²) < 4.78 is 22.1. The average molecular weight is 669 g/mol. The molecule has 0 N–H and O–H groups in total. The molecule has 0 unspecified atom stereocenters. The van der Waals surface area contributed by atoms with Crippen LogP contribution in [0.25, 0.3) is 0 Å². The molecule has 0 aromatic carbocycles. The minimum atomic E-state index is -2.12. The van der Waals surface area contributed by atoms with Crippen LogP contribution in [0, 0.1) is 28.6 Å². The molecule has 2 aliphatic heterocycles. The average Bonchev–Trinajstić information content (AvgIpc) is 3.43. The van der Waals surface area contributed by atoms with E-state index >= 15 is 0 Å². The molecule has 0 radical (unpaired) electrons. The first-order valence-electron chi connectivity index (χ1n) is 17.5. The van der Waals surface area contributed by atoms with Crippen LogP contribution in [-0.2, 0) is 18.4 Å². The number of ether oxygens (including phenoxy) is 1. The van der Waals surface area contributed by atoms with Crippen LogP contribution in [0.2, 0.25) is 36.3 Å². The Hall–Kier alpha value is 0.524. The van der Waals surface area contributed by atoms with Crippen molar-refractivity contribution in [2.24, 2.45) is 28.6 Å². The number of fused-ring (bicyclic) bond motifs is 3. The molecule has 248 valence electrons. The Labute approximate surface area is 275 Å². The Morgan fingerprint density at radius 1 is 0.837 bits per heavy atom. The Morgan fingerprint density at radius 2 is 1.42 bits per heavy atom. The molecule has 3 aliphatic carbocycles. The highest BCUT2D eigenvalue weighted by molar-refractivity contribution is 8.17. The Bertz CT molecular complexity index is 1050. The molecule has 0 bridgehead atoms. The highest BCUT2D eigenvalue weighted by atomic mass is 32.2. The zero-order valence-corrected chi connectivity index (χ0v) is 33.3. The van der Waals surface area contributed by atoms with Crippen LogP contribution in [0.4, 0.5) is 0 Å². The number of rotatable bonds is 6. The van der Waals surface area contributed by atoms with E-state index in [1.165, 1.54) is 43.6 Å². The first kappa shape index (κ1) is 34.8. The number of hydrogen-bond acceptors (Lipinski definition) is 6. The zero-order chi connectivity index (χ0) is 31.9. The summed E-state index contributed by atoms with van der Waals surface area (Å²) >= 11 is 4.32. The first-order chi connectivity index (χ1) is 19.7. The lowest BCUT2D eigenvalue weighted by molar-refractivity contribution is -0.237. The molecule has 3 saturated carbocycles. The van der Waals surface area contributed by atoms with Gasteiger partial charge in [-0.3, -0.25) is 4.79 Å². The van der Waals surface area contributed by atoms with E-state index in [2.05, 4.69) is 105 Å². The van der Waals surface area contributed by atoms with Crippen molar-refractivity contribution in [2.45, 2.75) is 172 Å². The van der Waals surface area contributed by atoms with Crippen LogP contribution >= 0.6 is 23.5 Å². The topological polar surface area (TPSA) is 44.8 Å². The maximum absolute atomic E-state index is 13.2. The molecule has 0 aromatic rings. The molecule has 0 aromatic heterocycles. The quantitative estimate of drug-likeness (QED) is 0.207. The molecule has 5 fully saturated rings. The lowest BCUT2D eigenvalue weighted by Crippen LogP contribution is -2.68. The molecule has 8 atom stereocenters. The third-order valence-electron chi connectivity index (χ3n) is 14.1. The van der Waals surface area contributed by atoms with Gasteiger partial charge in [0, 0.05) is 18.3 Å². The van der Waals surface area contributed by atoms with E-state index in [1.807, 2.05) is 0 Å². The van der Waals surface area contributed by atoms with Crippen LogP contribution in [0.5, 0.6) is 0 Å². The second kappa shape index (κ2) is 11.6. The van der Waals surface area contributed by atoms with E-state index < -0.39 is 22.2 Å². The van der Waals surface area contributed by atoms with E-state index in [0.29, 0.717) is 34.9 Å². The summed E-state index contributed by atoms with van der Waals surface area (Å²) in [6, 6.07) is 0. The van der Waals surface area contributed by atoms with Crippen LogP contribution in [0.15, 0.2) is 0 Å². The molecule has 5 aliphatic rings. The summed E-state index contributed by atoms with van der Waals surface area (Å²) in [5.41, 5.74) is -0.385. The number of esters is 1. The standard InChI is InChI=1S/C35H64O4S2Si2/c1-31(2,3)42(9,10)38-27-15-14-25-24-22-28(39-43(11,12)32(4,5)6)35(19-17-29(36)37-35)34(8,23-30-40-20-13-21-41-30)26(24)16-18-33(25,27)7/h24-28,30H,13-23H2,1-12H3/t24-,25-,26-,27-,28+,33-,34+,35-/m0/s1. The van der Waals surface area contributed by atoms with Crippen molar-refractivity contribution >= 4 is 46.1 Å². The summed E-state index contributed by atoms with van der Waals surface area (Å²) in [5, 5.41) is 0.327. The third kappa shape index (κ3) is 5.93. The zero-order valence-electron chi connectivity index (χ0n) is 29.7. The van der Waals surface area contributed by atoms with Crippen LogP contribution in [-0.4, -0.2) is 56.5 Å². The third-order valence-corrected chi connectivity index (χ3v) is 26.0. The van der Waals surface area contributed by atoms with Gasteiger partial charge in [-0.2, -0.15) is 0 Å². The molecular weight excluding hydrogens is 605 g/mol. The predicted octanol–water partition coefficient (Wildman–Crippen LogP) is 10.3. The van der Waals surface area contributed by atoms with Gasteiger partial charge in [-0.05, 0) is 116 Å². The monoisotopic (exact) mass is 668 g/mol. The van der Waals surface area contributed by atoms with Gasteiger partial charge < -0.3 is 13.6 Å². The molecular formula is C35H64O4S2Si2. The summed E-state index contributed by atoms with van der Waals surface area (Å²) in [6.07, 6.45) is 10.1. The highest BCUT2D eigenvalue weighted by Crippen LogP contribution is 2.70. The second-order valence-corrected chi connectivity index (χ2v) is 30.9. The lowest BCUT2D eigenvalue weighted by Gasteiger charge is -2.65. The number of carbonyl (C=O) groups is 1. The molecule has 0 amide bonds. The largest absolute Gasteiger partial charge is 0.456 e. The predicted molar refractivity (Wildman–Crippen MR) is 190 cm³/mol. The maximum atomic E-state index is 13.2. The van der Waals surface area contributed by atoms with E-state index in [9.17, 15) is 4.79 Å². The van der Waals surface area contributed by atoms with Crippen molar-refractivity contribution in [3.63, 3.8) is 0 Å². The summed E-state index contributed by atoms with van der Waals surface area (Å²) in [7, 11) is -4.00. The van der Waals surface area contributed by atoms with Crippen LogP contribution in [0.1, 0.15) is 113 Å². The van der Waals surface area contributed by atoms with Gasteiger partial charge in [-0.25, -0.2) is 0 Å². The molecule has 2 saturated heterocycles. The van der Waals surface area contributed by atoms with Gasteiger partial charge in [0.25, 0.3) is 0 Å². The van der Waals surface area contributed by atoms with Gasteiger partial charge in [-0.15, -0.1) is 23.5 Å². The van der Waals surface area contributed by atoms with Crippen LogP contribution < -0.4 is 0 Å². The molecule has 2 heterocycles.